The fourth-order valence-electron chi connectivity index (χ4n) is 3.06. The molecule has 1 N–H and O–H groups in total. The van der Waals surface area contributed by atoms with E-state index < -0.39 is 0 Å². The number of furan rings is 1. The van der Waals surface area contributed by atoms with E-state index in [1.165, 1.54) is 0 Å². The molecule has 0 aliphatic heterocycles. The van der Waals surface area contributed by atoms with E-state index >= 15 is 0 Å². The van der Waals surface area contributed by atoms with Gasteiger partial charge in [0.05, 0.1) is 29.9 Å². The first-order valence-corrected chi connectivity index (χ1v) is 10.6. The number of nitrogens with zero attached hydrogens (tertiary/aromatic N) is 2. The third kappa shape index (κ3) is 5.32. The van der Waals surface area contributed by atoms with Crippen molar-refractivity contribution >= 4 is 23.2 Å². The number of rotatable bonds is 8. The minimum Gasteiger partial charge on any atom is -0.467 e. The molecule has 6 nitrogen and oxygen atoms in total. The average molecular weight is 410 g/mol. The number of carbonyl (C=O) groups is 2. The molecule has 0 atom stereocenters. The third-order valence-corrected chi connectivity index (χ3v) is 5.60. The topological polar surface area (TPSA) is 75.4 Å². The second-order valence-electron chi connectivity index (χ2n) is 7.31. The highest BCUT2D eigenvalue weighted by Gasteiger charge is 2.24. The molecule has 4 rings (SSSR count). The maximum Gasteiger partial charge on any atom is 0.251 e. The highest BCUT2D eigenvalue weighted by Crippen LogP contribution is 2.20. The van der Waals surface area contributed by atoms with E-state index in [0.29, 0.717) is 24.7 Å². The molecule has 2 amide bonds. The molecule has 0 bridgehead atoms. The van der Waals surface area contributed by atoms with Crippen molar-refractivity contribution < 1.29 is 14.0 Å². The van der Waals surface area contributed by atoms with Crippen LogP contribution in [-0.2, 0) is 24.3 Å². The highest BCUT2D eigenvalue weighted by atomic mass is 32.1. The van der Waals surface area contributed by atoms with Crippen LogP contribution in [0.4, 0.5) is 0 Å². The second kappa shape index (κ2) is 8.61. The summed E-state index contributed by atoms with van der Waals surface area (Å²) in [4.78, 5) is 31.3. The van der Waals surface area contributed by atoms with Crippen LogP contribution >= 0.6 is 11.3 Å². The maximum atomic E-state index is 12.9. The quantitative estimate of drug-likeness (QED) is 0.615. The maximum absolute atomic E-state index is 12.9. The number of hydrogen-bond donors (Lipinski definition) is 1. The Morgan fingerprint density at radius 1 is 1.21 bits per heavy atom. The van der Waals surface area contributed by atoms with Gasteiger partial charge in [-0.05, 0) is 49.6 Å². The number of thiazole rings is 1. The van der Waals surface area contributed by atoms with Crippen molar-refractivity contribution in [3.8, 4) is 0 Å². The lowest BCUT2D eigenvalue weighted by Gasteiger charge is -2.22. The number of hydrogen-bond acceptors (Lipinski definition) is 5. The van der Waals surface area contributed by atoms with Gasteiger partial charge in [0.25, 0.3) is 5.91 Å². The van der Waals surface area contributed by atoms with Crippen molar-refractivity contribution in [2.24, 2.45) is 0 Å². The predicted octanol–water partition coefficient (Wildman–Crippen LogP) is 3.71. The SMILES string of the molecule is Cc1nc(CC(=O)N(Cc2ccc(C(=O)NC3CC3)cc2)Cc2ccco2)cs1. The zero-order valence-electron chi connectivity index (χ0n) is 16.3. The molecule has 2 heterocycles. The Morgan fingerprint density at radius 3 is 2.62 bits per heavy atom. The summed E-state index contributed by atoms with van der Waals surface area (Å²) < 4.78 is 5.44. The van der Waals surface area contributed by atoms with Gasteiger partial charge >= 0.3 is 0 Å². The van der Waals surface area contributed by atoms with Crippen LogP contribution in [0.3, 0.4) is 0 Å². The largest absolute Gasteiger partial charge is 0.467 e. The van der Waals surface area contributed by atoms with Crippen molar-refractivity contribution in [1.82, 2.24) is 15.2 Å². The van der Waals surface area contributed by atoms with Crippen molar-refractivity contribution in [1.29, 1.82) is 0 Å². The summed E-state index contributed by atoms with van der Waals surface area (Å²) in [6.07, 6.45) is 3.99. The fourth-order valence-corrected chi connectivity index (χ4v) is 3.67. The first-order chi connectivity index (χ1) is 14.1. The normalized spacial score (nSPS) is 13.3. The molecule has 29 heavy (non-hydrogen) atoms. The highest BCUT2D eigenvalue weighted by molar-refractivity contribution is 7.09. The number of aromatic nitrogens is 1. The Kier molecular flexibility index (Phi) is 5.76. The van der Waals surface area contributed by atoms with Gasteiger partial charge in [0.2, 0.25) is 5.91 Å². The first-order valence-electron chi connectivity index (χ1n) is 9.68. The van der Waals surface area contributed by atoms with E-state index in [1.54, 1.807) is 22.5 Å². The lowest BCUT2D eigenvalue weighted by molar-refractivity contribution is -0.132. The van der Waals surface area contributed by atoms with Gasteiger partial charge in [-0.1, -0.05) is 12.1 Å². The molecule has 2 aromatic heterocycles. The zero-order chi connectivity index (χ0) is 20.2. The Balaban J connectivity index is 1.45. The van der Waals surface area contributed by atoms with E-state index in [0.717, 1.165) is 34.9 Å². The minimum absolute atomic E-state index is 0.0118. The Morgan fingerprint density at radius 2 is 2.00 bits per heavy atom. The summed E-state index contributed by atoms with van der Waals surface area (Å²) in [5, 5.41) is 5.86. The van der Waals surface area contributed by atoms with Gasteiger partial charge < -0.3 is 14.6 Å². The lowest BCUT2D eigenvalue weighted by Crippen LogP contribution is -2.31. The van der Waals surface area contributed by atoms with Crippen LogP contribution < -0.4 is 5.32 Å². The van der Waals surface area contributed by atoms with Gasteiger partial charge in [-0.15, -0.1) is 11.3 Å². The van der Waals surface area contributed by atoms with Gasteiger partial charge in [-0.3, -0.25) is 9.59 Å². The summed E-state index contributed by atoms with van der Waals surface area (Å²) in [5.41, 5.74) is 2.39. The molecule has 0 saturated heterocycles. The van der Waals surface area contributed by atoms with Crippen molar-refractivity contribution in [2.75, 3.05) is 0 Å². The molecule has 7 heteroatoms. The molecule has 1 aromatic carbocycles. The molecule has 1 fully saturated rings. The van der Waals surface area contributed by atoms with Crippen molar-refractivity contribution in [2.45, 2.75) is 45.3 Å². The van der Waals surface area contributed by atoms with Gasteiger partial charge in [0.1, 0.15) is 5.76 Å². The van der Waals surface area contributed by atoms with Gasteiger partial charge in [-0.25, -0.2) is 4.98 Å². The monoisotopic (exact) mass is 409 g/mol. The Labute approximate surface area is 173 Å². The number of benzene rings is 1. The predicted molar refractivity (Wildman–Crippen MR) is 110 cm³/mol. The lowest BCUT2D eigenvalue weighted by atomic mass is 10.1. The van der Waals surface area contributed by atoms with Crippen LogP contribution in [0.15, 0.2) is 52.5 Å². The standard InChI is InChI=1S/C22H23N3O3S/c1-15-23-19(14-29-15)11-21(26)25(13-20-3-2-10-28-20)12-16-4-6-17(7-5-16)22(27)24-18-8-9-18/h2-7,10,14,18H,8-9,11-13H2,1H3,(H,24,27). The summed E-state index contributed by atoms with van der Waals surface area (Å²) in [5.74, 6) is 0.678. The molecule has 3 aromatic rings. The van der Waals surface area contributed by atoms with Gasteiger partial charge in [0, 0.05) is 23.5 Å². The number of nitrogens with one attached hydrogen (secondary N) is 1. The molecular weight excluding hydrogens is 386 g/mol. The van der Waals surface area contributed by atoms with Crippen LogP contribution in [-0.4, -0.2) is 27.7 Å². The molecule has 0 spiro atoms. The fraction of sp³-hybridized carbons (Fsp3) is 0.318. The third-order valence-electron chi connectivity index (χ3n) is 4.78. The van der Waals surface area contributed by atoms with Crippen LogP contribution in [0.2, 0.25) is 0 Å². The summed E-state index contributed by atoms with van der Waals surface area (Å²) in [6, 6.07) is 11.4. The van der Waals surface area contributed by atoms with E-state index in [1.807, 2.05) is 48.7 Å². The summed E-state index contributed by atoms with van der Waals surface area (Å²) in [6.45, 7) is 2.76. The molecule has 1 aliphatic carbocycles. The molecular formula is C22H23N3O3S. The average Bonchev–Trinajstić information content (AvgIpc) is 3.19. The molecule has 1 saturated carbocycles. The number of carbonyl (C=O) groups excluding carboxylic acids is 2. The zero-order valence-corrected chi connectivity index (χ0v) is 17.1. The molecule has 150 valence electrons. The minimum atomic E-state index is -0.0403. The van der Waals surface area contributed by atoms with Crippen LogP contribution in [0.1, 0.15) is 45.2 Å². The summed E-state index contributed by atoms with van der Waals surface area (Å²) in [7, 11) is 0. The van der Waals surface area contributed by atoms with E-state index in [9.17, 15) is 9.59 Å². The van der Waals surface area contributed by atoms with Gasteiger partial charge in [-0.2, -0.15) is 0 Å². The first kappa shape index (κ1) is 19.4. The van der Waals surface area contributed by atoms with Crippen molar-refractivity contribution in [3.63, 3.8) is 0 Å². The number of aryl methyl sites for hydroxylation is 1. The van der Waals surface area contributed by atoms with Crippen LogP contribution in [0.25, 0.3) is 0 Å². The smallest absolute Gasteiger partial charge is 0.251 e. The summed E-state index contributed by atoms with van der Waals surface area (Å²) >= 11 is 1.54. The van der Waals surface area contributed by atoms with Gasteiger partial charge in [0.15, 0.2) is 0 Å². The van der Waals surface area contributed by atoms with E-state index in [2.05, 4.69) is 10.3 Å². The number of amides is 2. The Bertz CT molecular complexity index is 975. The second-order valence-corrected chi connectivity index (χ2v) is 8.37. The molecule has 0 radical (unpaired) electrons. The van der Waals surface area contributed by atoms with E-state index in [4.69, 9.17) is 4.42 Å². The van der Waals surface area contributed by atoms with Crippen molar-refractivity contribution in [3.05, 3.63) is 75.6 Å². The molecule has 1 aliphatic rings. The Hall–Kier alpha value is -2.93. The van der Waals surface area contributed by atoms with Crippen LogP contribution in [0, 0.1) is 6.92 Å². The van der Waals surface area contributed by atoms with E-state index in [-0.39, 0.29) is 18.2 Å². The van der Waals surface area contributed by atoms with Crippen LogP contribution in [0.5, 0.6) is 0 Å². The molecule has 0 unspecified atom stereocenters.